The minimum Gasteiger partial charge on any atom is -0.324 e. The lowest BCUT2D eigenvalue weighted by Crippen LogP contribution is -2.22. The number of benzene rings is 2. The number of imidazole rings is 1. The quantitative estimate of drug-likeness (QED) is 0.468. The minimum atomic E-state index is -3.56. The fraction of sp³-hybridized carbons (Fsp3) is 0.280. The van der Waals surface area contributed by atoms with E-state index in [1.165, 1.54) is 12.1 Å². The average Bonchev–Trinajstić information content (AvgIpc) is 3.37. The molecule has 0 unspecified atom stereocenters. The van der Waals surface area contributed by atoms with Crippen LogP contribution < -0.4 is 10.3 Å². The number of rotatable bonds is 5. The van der Waals surface area contributed by atoms with Crippen molar-refractivity contribution in [2.24, 2.45) is 0 Å². The molecular weight excluding hydrogens is 455 g/mol. The van der Waals surface area contributed by atoms with Crippen molar-refractivity contribution in [1.29, 1.82) is 0 Å². The molecule has 3 heterocycles. The molecule has 5 rings (SSSR count). The number of hydrogen-bond acceptors (Lipinski definition) is 4. The Morgan fingerprint density at radius 2 is 1.85 bits per heavy atom. The van der Waals surface area contributed by atoms with E-state index in [1.54, 1.807) is 25.1 Å². The SMILES string of the molecule is Cc1cc(-c2cc(NS(C)(=O)=O)c3nc(C)n(Cc4ccc(F)cc4)c3c2)c2n(c1=O)CCC2. The van der Waals surface area contributed by atoms with Gasteiger partial charge < -0.3 is 9.13 Å². The second kappa shape index (κ2) is 8.09. The second-order valence-corrected chi connectivity index (χ2v) is 10.6. The third kappa shape index (κ3) is 4.00. The molecule has 0 fully saturated rings. The van der Waals surface area contributed by atoms with E-state index < -0.39 is 10.0 Å². The second-order valence-electron chi connectivity index (χ2n) is 8.89. The number of sulfonamides is 1. The highest BCUT2D eigenvalue weighted by atomic mass is 32.2. The van der Waals surface area contributed by atoms with Gasteiger partial charge in [0.2, 0.25) is 10.0 Å². The average molecular weight is 481 g/mol. The maximum atomic E-state index is 13.4. The van der Waals surface area contributed by atoms with Crippen molar-refractivity contribution in [3.63, 3.8) is 0 Å². The first kappa shape index (κ1) is 22.3. The van der Waals surface area contributed by atoms with Gasteiger partial charge in [0.1, 0.15) is 17.2 Å². The molecule has 176 valence electrons. The molecule has 1 aliphatic heterocycles. The number of aryl methyl sites for hydroxylation is 2. The number of hydrogen-bond donors (Lipinski definition) is 1. The molecular formula is C25H25FN4O3S. The van der Waals surface area contributed by atoms with Crippen LogP contribution in [0.3, 0.4) is 0 Å². The summed E-state index contributed by atoms with van der Waals surface area (Å²) < 4.78 is 44.2. The van der Waals surface area contributed by atoms with Crippen LogP contribution >= 0.6 is 0 Å². The molecule has 4 aromatic rings. The van der Waals surface area contributed by atoms with E-state index in [9.17, 15) is 17.6 Å². The van der Waals surface area contributed by atoms with E-state index >= 15 is 0 Å². The number of nitrogens with zero attached hydrogens (tertiary/aromatic N) is 3. The van der Waals surface area contributed by atoms with Crippen LogP contribution in [0.1, 0.15) is 29.1 Å². The van der Waals surface area contributed by atoms with Crippen LogP contribution in [0.25, 0.3) is 22.2 Å². The molecule has 0 aliphatic carbocycles. The zero-order valence-electron chi connectivity index (χ0n) is 19.2. The monoisotopic (exact) mass is 480 g/mol. The summed E-state index contributed by atoms with van der Waals surface area (Å²) in [6.07, 6.45) is 2.79. The summed E-state index contributed by atoms with van der Waals surface area (Å²) in [6, 6.07) is 11.9. The molecule has 0 amide bonds. The van der Waals surface area contributed by atoms with Gasteiger partial charge in [0.15, 0.2) is 0 Å². The van der Waals surface area contributed by atoms with E-state index in [0.29, 0.717) is 35.7 Å². The molecule has 2 aromatic carbocycles. The van der Waals surface area contributed by atoms with Gasteiger partial charge in [-0.3, -0.25) is 9.52 Å². The Morgan fingerprint density at radius 1 is 1.12 bits per heavy atom. The summed E-state index contributed by atoms with van der Waals surface area (Å²) in [5, 5.41) is 0. The smallest absolute Gasteiger partial charge is 0.253 e. The van der Waals surface area contributed by atoms with Crippen LogP contribution in [-0.2, 0) is 29.5 Å². The van der Waals surface area contributed by atoms with E-state index in [1.807, 2.05) is 28.2 Å². The lowest BCUT2D eigenvalue weighted by Gasteiger charge is -2.15. The summed E-state index contributed by atoms with van der Waals surface area (Å²) >= 11 is 0. The Morgan fingerprint density at radius 3 is 2.56 bits per heavy atom. The normalized spacial score (nSPS) is 13.4. The molecule has 0 bridgehead atoms. The lowest BCUT2D eigenvalue weighted by molar-refractivity contribution is 0.607. The van der Waals surface area contributed by atoms with E-state index in [2.05, 4.69) is 9.71 Å². The Hall–Kier alpha value is -3.46. The van der Waals surface area contributed by atoms with Gasteiger partial charge in [-0.25, -0.2) is 17.8 Å². The first-order chi connectivity index (χ1) is 16.1. The van der Waals surface area contributed by atoms with E-state index in [0.717, 1.165) is 47.0 Å². The fourth-order valence-electron chi connectivity index (χ4n) is 4.75. The Bertz CT molecular complexity index is 1600. The lowest BCUT2D eigenvalue weighted by atomic mass is 9.99. The molecule has 0 atom stereocenters. The van der Waals surface area contributed by atoms with Gasteiger partial charge in [-0.05, 0) is 68.1 Å². The summed E-state index contributed by atoms with van der Waals surface area (Å²) in [5.41, 5.74) is 5.93. The highest BCUT2D eigenvalue weighted by Crippen LogP contribution is 2.35. The number of pyridine rings is 1. The minimum absolute atomic E-state index is 0.0176. The van der Waals surface area contributed by atoms with Crippen LogP contribution in [-0.4, -0.2) is 28.8 Å². The standard InChI is InChI=1S/C25H25FN4O3S/c1-15-11-20(22-5-4-10-29(22)25(15)31)18-12-21(28-34(3,32)33)24-23(13-18)30(16(2)27-24)14-17-6-8-19(26)9-7-17/h6-9,11-13,28H,4-5,10,14H2,1-3H3. The number of nitrogens with one attached hydrogen (secondary N) is 1. The van der Waals surface area contributed by atoms with Crippen molar-refractivity contribution in [3.8, 4) is 11.1 Å². The molecule has 7 nitrogen and oxygen atoms in total. The van der Waals surface area contributed by atoms with Crippen LogP contribution in [0.4, 0.5) is 10.1 Å². The molecule has 2 aromatic heterocycles. The molecule has 0 saturated heterocycles. The van der Waals surface area contributed by atoms with Gasteiger partial charge in [0, 0.05) is 29.9 Å². The Balaban J connectivity index is 1.75. The zero-order valence-corrected chi connectivity index (χ0v) is 20.0. The molecule has 34 heavy (non-hydrogen) atoms. The van der Waals surface area contributed by atoms with Crippen LogP contribution in [0.2, 0.25) is 0 Å². The zero-order chi connectivity index (χ0) is 24.2. The van der Waals surface area contributed by atoms with Gasteiger partial charge >= 0.3 is 0 Å². The maximum Gasteiger partial charge on any atom is 0.253 e. The van der Waals surface area contributed by atoms with Gasteiger partial charge in [-0.1, -0.05) is 12.1 Å². The third-order valence-corrected chi connectivity index (χ3v) is 6.87. The molecule has 1 aliphatic rings. The topological polar surface area (TPSA) is 86.0 Å². The maximum absolute atomic E-state index is 13.4. The van der Waals surface area contributed by atoms with Crippen LogP contribution in [0, 0.1) is 19.7 Å². The number of anilines is 1. The first-order valence-electron chi connectivity index (χ1n) is 11.1. The summed E-state index contributed by atoms with van der Waals surface area (Å²) in [4.78, 5) is 17.3. The van der Waals surface area contributed by atoms with Crippen molar-refractivity contribution in [1.82, 2.24) is 14.1 Å². The molecule has 0 saturated carbocycles. The predicted molar refractivity (Wildman–Crippen MR) is 131 cm³/mol. The van der Waals surface area contributed by atoms with Crippen LogP contribution in [0.15, 0.2) is 47.3 Å². The predicted octanol–water partition coefficient (Wildman–Crippen LogP) is 3.99. The Kier molecular flexibility index (Phi) is 5.31. The first-order valence-corrected chi connectivity index (χ1v) is 13.0. The van der Waals surface area contributed by atoms with E-state index in [4.69, 9.17) is 0 Å². The fourth-order valence-corrected chi connectivity index (χ4v) is 5.30. The molecule has 0 spiro atoms. The Labute approximate surface area is 196 Å². The molecule has 1 N–H and O–H groups in total. The number of fused-ring (bicyclic) bond motifs is 2. The van der Waals surface area contributed by atoms with Crippen molar-refractivity contribution in [3.05, 3.63) is 81.3 Å². The highest BCUT2D eigenvalue weighted by molar-refractivity contribution is 7.92. The summed E-state index contributed by atoms with van der Waals surface area (Å²) in [5.74, 6) is 0.403. The van der Waals surface area contributed by atoms with Crippen molar-refractivity contribution in [2.75, 3.05) is 11.0 Å². The molecule has 9 heteroatoms. The van der Waals surface area contributed by atoms with Crippen LogP contribution in [0.5, 0.6) is 0 Å². The van der Waals surface area contributed by atoms with Crippen molar-refractivity contribution in [2.45, 2.75) is 39.8 Å². The van der Waals surface area contributed by atoms with Gasteiger partial charge in [-0.15, -0.1) is 0 Å². The summed E-state index contributed by atoms with van der Waals surface area (Å²) in [7, 11) is -3.56. The number of halogens is 1. The highest BCUT2D eigenvalue weighted by Gasteiger charge is 2.22. The van der Waals surface area contributed by atoms with E-state index in [-0.39, 0.29) is 11.4 Å². The van der Waals surface area contributed by atoms with Crippen molar-refractivity contribution >= 4 is 26.7 Å². The van der Waals surface area contributed by atoms with Gasteiger partial charge in [-0.2, -0.15) is 0 Å². The van der Waals surface area contributed by atoms with Gasteiger partial charge in [0.25, 0.3) is 5.56 Å². The van der Waals surface area contributed by atoms with Gasteiger partial charge in [0.05, 0.1) is 17.5 Å². The molecule has 0 radical (unpaired) electrons. The summed E-state index contributed by atoms with van der Waals surface area (Å²) in [6.45, 7) is 4.79. The largest absolute Gasteiger partial charge is 0.324 e. The van der Waals surface area contributed by atoms with Crippen molar-refractivity contribution < 1.29 is 12.8 Å². The number of aromatic nitrogens is 3. The third-order valence-electron chi connectivity index (χ3n) is 6.28.